The largest absolute Gasteiger partial charge is 0.339 e. The van der Waals surface area contributed by atoms with Crippen LogP contribution in [0, 0.1) is 5.92 Å². The van der Waals surface area contributed by atoms with Crippen molar-refractivity contribution in [1.29, 1.82) is 0 Å². The lowest BCUT2D eigenvalue weighted by Crippen LogP contribution is -2.35. The van der Waals surface area contributed by atoms with E-state index in [9.17, 15) is 13.2 Å². The second kappa shape index (κ2) is 6.24. The minimum atomic E-state index is -3.63. The van der Waals surface area contributed by atoms with Gasteiger partial charge in [-0.2, -0.15) is 0 Å². The van der Waals surface area contributed by atoms with Crippen LogP contribution in [0.3, 0.4) is 0 Å². The summed E-state index contributed by atoms with van der Waals surface area (Å²) in [6.07, 6.45) is 3.13. The lowest BCUT2D eigenvalue weighted by atomic mass is 10.0. The molecule has 18 heavy (non-hydrogen) atoms. The van der Waals surface area contributed by atoms with Gasteiger partial charge in [-0.3, -0.25) is 4.79 Å². The molecule has 0 bridgehead atoms. The Balaban J connectivity index is 2.49. The first kappa shape index (κ1) is 15.8. The molecule has 1 amide bonds. The fourth-order valence-electron chi connectivity index (χ4n) is 2.29. The number of carbonyl (C=O) groups excluding carboxylic acids is 1. The third kappa shape index (κ3) is 4.43. The van der Waals surface area contributed by atoms with Gasteiger partial charge in [-0.25, -0.2) is 8.42 Å². The van der Waals surface area contributed by atoms with Crippen LogP contribution < -0.4 is 0 Å². The van der Waals surface area contributed by atoms with Gasteiger partial charge < -0.3 is 4.90 Å². The van der Waals surface area contributed by atoms with E-state index in [1.807, 2.05) is 6.92 Å². The molecule has 106 valence electrons. The van der Waals surface area contributed by atoms with Crippen LogP contribution in [-0.2, 0) is 13.8 Å². The molecule has 1 heterocycles. The minimum absolute atomic E-state index is 0.0281. The molecule has 0 aromatic carbocycles. The average molecular weight is 296 g/mol. The van der Waals surface area contributed by atoms with Crippen molar-refractivity contribution in [2.75, 3.05) is 6.54 Å². The molecule has 1 aliphatic heterocycles. The summed E-state index contributed by atoms with van der Waals surface area (Å²) in [6.45, 7) is 6.55. The van der Waals surface area contributed by atoms with E-state index in [4.69, 9.17) is 10.7 Å². The molecule has 2 unspecified atom stereocenters. The zero-order chi connectivity index (χ0) is 13.9. The van der Waals surface area contributed by atoms with Gasteiger partial charge in [-0.1, -0.05) is 26.7 Å². The second-order valence-corrected chi connectivity index (χ2v) is 8.43. The van der Waals surface area contributed by atoms with E-state index in [-0.39, 0.29) is 24.9 Å². The standard InChI is InChI=1S/C12H22ClNO3S/c1-9(2)5-4-6-10(3)14-8-11(7-12(14)15)18(13,16)17/h9-11H,4-8H2,1-3H3. The highest BCUT2D eigenvalue weighted by Gasteiger charge is 2.38. The summed E-state index contributed by atoms with van der Waals surface area (Å²) in [6, 6.07) is 0.0969. The summed E-state index contributed by atoms with van der Waals surface area (Å²) in [5.74, 6) is 0.559. The molecule has 0 aromatic rings. The van der Waals surface area contributed by atoms with Crippen LogP contribution in [0.4, 0.5) is 0 Å². The SMILES string of the molecule is CC(C)CCCC(C)N1CC(S(=O)(=O)Cl)CC1=O. The van der Waals surface area contributed by atoms with Crippen LogP contribution >= 0.6 is 10.7 Å². The molecule has 4 nitrogen and oxygen atoms in total. The molecule has 0 saturated carbocycles. The van der Waals surface area contributed by atoms with Gasteiger partial charge in [-0.05, 0) is 19.3 Å². The number of nitrogens with zero attached hydrogens (tertiary/aromatic N) is 1. The summed E-state index contributed by atoms with van der Waals surface area (Å²) >= 11 is 0. The topological polar surface area (TPSA) is 54.5 Å². The number of likely N-dealkylation sites (tertiary alicyclic amines) is 1. The van der Waals surface area contributed by atoms with Crippen molar-refractivity contribution in [3.63, 3.8) is 0 Å². The Labute approximate surface area is 114 Å². The van der Waals surface area contributed by atoms with Crippen LogP contribution in [-0.4, -0.2) is 37.1 Å². The summed E-state index contributed by atoms with van der Waals surface area (Å²) in [4.78, 5) is 13.4. The van der Waals surface area contributed by atoms with Crippen molar-refractivity contribution in [3.8, 4) is 0 Å². The Kier molecular flexibility index (Phi) is 5.46. The summed E-state index contributed by atoms with van der Waals surface area (Å²) in [5.41, 5.74) is 0. The number of amides is 1. The van der Waals surface area contributed by atoms with Gasteiger partial charge in [0.1, 0.15) is 5.25 Å². The maximum Gasteiger partial charge on any atom is 0.237 e. The highest BCUT2D eigenvalue weighted by Crippen LogP contribution is 2.24. The third-order valence-electron chi connectivity index (χ3n) is 3.46. The number of carbonyl (C=O) groups is 1. The van der Waals surface area contributed by atoms with Gasteiger partial charge in [0.15, 0.2) is 0 Å². The zero-order valence-electron chi connectivity index (χ0n) is 11.2. The van der Waals surface area contributed by atoms with Gasteiger partial charge in [-0.15, -0.1) is 0 Å². The Hall–Kier alpha value is -0.290. The van der Waals surface area contributed by atoms with Crippen molar-refractivity contribution < 1.29 is 13.2 Å². The van der Waals surface area contributed by atoms with E-state index in [0.717, 1.165) is 19.3 Å². The third-order valence-corrected chi connectivity index (χ3v) is 5.32. The Morgan fingerprint density at radius 1 is 1.33 bits per heavy atom. The van der Waals surface area contributed by atoms with Crippen LogP contribution in [0.1, 0.15) is 46.5 Å². The van der Waals surface area contributed by atoms with Crippen molar-refractivity contribution in [2.45, 2.75) is 57.7 Å². The molecule has 0 aliphatic carbocycles. The van der Waals surface area contributed by atoms with Crippen molar-refractivity contribution in [1.82, 2.24) is 4.90 Å². The molecule has 0 aromatic heterocycles. The van der Waals surface area contributed by atoms with Crippen LogP contribution in [0.15, 0.2) is 0 Å². The van der Waals surface area contributed by atoms with Crippen molar-refractivity contribution >= 4 is 25.6 Å². The molecule has 1 fully saturated rings. The molecule has 1 rings (SSSR count). The van der Waals surface area contributed by atoms with E-state index in [1.54, 1.807) is 4.90 Å². The van der Waals surface area contributed by atoms with E-state index >= 15 is 0 Å². The number of hydrogen-bond donors (Lipinski definition) is 0. The predicted molar refractivity (Wildman–Crippen MR) is 73.0 cm³/mol. The van der Waals surface area contributed by atoms with E-state index in [0.29, 0.717) is 5.92 Å². The highest BCUT2D eigenvalue weighted by atomic mass is 35.7. The lowest BCUT2D eigenvalue weighted by molar-refractivity contribution is -0.129. The molecule has 1 aliphatic rings. The Morgan fingerprint density at radius 3 is 2.39 bits per heavy atom. The Bertz CT molecular complexity index is 394. The van der Waals surface area contributed by atoms with E-state index in [1.165, 1.54) is 0 Å². The molecule has 1 saturated heterocycles. The fraction of sp³-hybridized carbons (Fsp3) is 0.917. The average Bonchev–Trinajstić information content (AvgIpc) is 2.59. The van der Waals surface area contributed by atoms with Gasteiger partial charge in [0, 0.05) is 29.7 Å². The maximum absolute atomic E-state index is 11.8. The minimum Gasteiger partial charge on any atom is -0.339 e. The Morgan fingerprint density at radius 2 is 1.94 bits per heavy atom. The van der Waals surface area contributed by atoms with E-state index < -0.39 is 14.3 Å². The van der Waals surface area contributed by atoms with Crippen molar-refractivity contribution in [3.05, 3.63) is 0 Å². The van der Waals surface area contributed by atoms with E-state index in [2.05, 4.69) is 13.8 Å². The molecule has 0 spiro atoms. The smallest absolute Gasteiger partial charge is 0.237 e. The highest BCUT2D eigenvalue weighted by molar-refractivity contribution is 8.14. The van der Waals surface area contributed by atoms with Crippen LogP contribution in [0.2, 0.25) is 0 Å². The summed E-state index contributed by atoms with van der Waals surface area (Å²) in [7, 11) is 1.69. The second-order valence-electron chi connectivity index (χ2n) is 5.52. The van der Waals surface area contributed by atoms with Crippen LogP contribution in [0.25, 0.3) is 0 Å². The maximum atomic E-state index is 11.8. The van der Waals surface area contributed by atoms with Gasteiger partial charge in [0.25, 0.3) is 0 Å². The summed E-state index contributed by atoms with van der Waals surface area (Å²) in [5, 5.41) is -0.737. The van der Waals surface area contributed by atoms with Crippen molar-refractivity contribution in [2.24, 2.45) is 5.92 Å². The first-order valence-corrected chi connectivity index (χ1v) is 8.82. The number of rotatable bonds is 6. The first-order valence-electron chi connectivity index (χ1n) is 6.44. The molecular formula is C12H22ClNO3S. The van der Waals surface area contributed by atoms with Gasteiger partial charge >= 0.3 is 0 Å². The quantitative estimate of drug-likeness (QED) is 0.707. The monoisotopic (exact) mass is 295 g/mol. The molecule has 0 N–H and O–H groups in total. The van der Waals surface area contributed by atoms with Gasteiger partial charge in [0.2, 0.25) is 15.0 Å². The summed E-state index contributed by atoms with van der Waals surface area (Å²) < 4.78 is 22.5. The first-order chi connectivity index (χ1) is 8.21. The molecular weight excluding hydrogens is 274 g/mol. The predicted octanol–water partition coefficient (Wildman–Crippen LogP) is 2.37. The number of halogens is 1. The zero-order valence-corrected chi connectivity index (χ0v) is 12.8. The lowest BCUT2D eigenvalue weighted by Gasteiger charge is -2.24. The number of hydrogen-bond acceptors (Lipinski definition) is 3. The van der Waals surface area contributed by atoms with Crippen LogP contribution in [0.5, 0.6) is 0 Å². The van der Waals surface area contributed by atoms with Gasteiger partial charge in [0.05, 0.1) is 0 Å². The molecule has 2 atom stereocenters. The molecule has 0 radical (unpaired) electrons. The fourth-order valence-corrected chi connectivity index (χ4v) is 3.33. The molecule has 6 heteroatoms. The normalized spacial score (nSPS) is 22.8.